The number of rotatable bonds is 4. The SMILES string of the molecule is CCOC(=O)C1=C(C)NC2=C(C(=O)c3ccccc32)[C@@H]1c1cc(Br)ccc1OC. The maximum Gasteiger partial charge on any atom is 0.336 e. The molecule has 4 rings (SSSR count). The summed E-state index contributed by atoms with van der Waals surface area (Å²) in [7, 11) is 1.58. The smallest absolute Gasteiger partial charge is 0.336 e. The van der Waals surface area contributed by atoms with E-state index in [1.54, 1.807) is 14.0 Å². The van der Waals surface area contributed by atoms with Crippen molar-refractivity contribution in [3.63, 3.8) is 0 Å². The van der Waals surface area contributed by atoms with Gasteiger partial charge in [-0.2, -0.15) is 0 Å². The van der Waals surface area contributed by atoms with Gasteiger partial charge in [-0.05, 0) is 32.0 Å². The third kappa shape index (κ3) is 3.08. The van der Waals surface area contributed by atoms with Gasteiger partial charge in [0, 0.05) is 32.4 Å². The van der Waals surface area contributed by atoms with E-state index in [0.717, 1.165) is 21.3 Å². The molecule has 0 amide bonds. The van der Waals surface area contributed by atoms with Gasteiger partial charge in [-0.25, -0.2) is 4.79 Å². The molecule has 1 heterocycles. The second-order valence-corrected chi connectivity index (χ2v) is 7.78. The Hall–Kier alpha value is -2.86. The predicted octanol–water partition coefficient (Wildman–Crippen LogP) is 4.59. The number of carbonyl (C=O) groups excluding carboxylic acids is 2. The van der Waals surface area contributed by atoms with E-state index in [1.165, 1.54) is 0 Å². The van der Waals surface area contributed by atoms with Crippen LogP contribution in [0.4, 0.5) is 0 Å². The summed E-state index contributed by atoms with van der Waals surface area (Å²) in [6, 6.07) is 13.1. The van der Waals surface area contributed by atoms with Gasteiger partial charge in [0.2, 0.25) is 0 Å². The molecule has 0 unspecified atom stereocenters. The normalized spacial score (nSPS) is 17.7. The number of methoxy groups -OCH3 is 1. The number of dihydropyridines is 1. The number of halogens is 1. The number of benzene rings is 2. The van der Waals surface area contributed by atoms with Gasteiger partial charge in [-0.1, -0.05) is 40.2 Å². The molecule has 6 heteroatoms. The molecule has 0 spiro atoms. The molecule has 2 aromatic carbocycles. The highest BCUT2D eigenvalue weighted by molar-refractivity contribution is 9.10. The lowest BCUT2D eigenvalue weighted by molar-refractivity contribution is -0.138. The molecule has 29 heavy (non-hydrogen) atoms. The summed E-state index contributed by atoms with van der Waals surface area (Å²) in [4.78, 5) is 26.3. The molecule has 0 saturated heterocycles. The van der Waals surface area contributed by atoms with Crippen molar-refractivity contribution in [2.24, 2.45) is 0 Å². The Morgan fingerprint density at radius 2 is 1.90 bits per heavy atom. The van der Waals surface area contributed by atoms with Crippen LogP contribution >= 0.6 is 15.9 Å². The van der Waals surface area contributed by atoms with Gasteiger partial charge in [0.05, 0.1) is 30.9 Å². The first-order chi connectivity index (χ1) is 14.0. The number of esters is 1. The summed E-state index contributed by atoms with van der Waals surface area (Å²) in [5, 5.41) is 3.29. The number of Topliss-reactive ketones (excluding diaryl/α,β-unsaturated/α-hetero) is 1. The summed E-state index contributed by atoms with van der Waals surface area (Å²) < 4.78 is 11.8. The van der Waals surface area contributed by atoms with Crippen molar-refractivity contribution in [1.29, 1.82) is 0 Å². The van der Waals surface area contributed by atoms with Crippen LogP contribution in [0.15, 0.2) is 63.8 Å². The first kappa shape index (κ1) is 19.5. The van der Waals surface area contributed by atoms with E-state index >= 15 is 0 Å². The van der Waals surface area contributed by atoms with Crippen molar-refractivity contribution in [1.82, 2.24) is 5.32 Å². The van der Waals surface area contributed by atoms with E-state index in [4.69, 9.17) is 9.47 Å². The highest BCUT2D eigenvalue weighted by Gasteiger charge is 2.43. The lowest BCUT2D eigenvalue weighted by Crippen LogP contribution is -2.29. The zero-order chi connectivity index (χ0) is 20.7. The van der Waals surface area contributed by atoms with Crippen molar-refractivity contribution in [2.45, 2.75) is 19.8 Å². The molecule has 0 bridgehead atoms. The van der Waals surface area contributed by atoms with Gasteiger partial charge >= 0.3 is 5.97 Å². The third-order valence-corrected chi connectivity index (χ3v) is 5.74. The molecule has 1 aliphatic carbocycles. The van der Waals surface area contributed by atoms with E-state index in [0.29, 0.717) is 28.2 Å². The zero-order valence-corrected chi connectivity index (χ0v) is 17.9. The Bertz CT molecular complexity index is 1100. The third-order valence-electron chi connectivity index (χ3n) is 5.25. The summed E-state index contributed by atoms with van der Waals surface area (Å²) in [5.74, 6) is -0.535. The fraction of sp³-hybridized carbons (Fsp3) is 0.217. The standard InChI is InChI=1S/C23H20BrNO4/c1-4-29-23(27)18-12(2)25-21-14-7-5-6-8-15(14)22(26)20(21)19(18)16-11-13(24)9-10-17(16)28-3/h5-11,19,25H,4H2,1-3H3/t19-/m1/s1. The zero-order valence-electron chi connectivity index (χ0n) is 16.3. The molecule has 2 aliphatic rings. The minimum atomic E-state index is -0.599. The van der Waals surface area contributed by atoms with Crippen LogP contribution in [-0.2, 0) is 9.53 Å². The molecule has 1 atom stereocenters. The van der Waals surface area contributed by atoms with Crippen molar-refractivity contribution < 1.29 is 19.1 Å². The molecule has 148 valence electrons. The van der Waals surface area contributed by atoms with E-state index < -0.39 is 11.9 Å². The van der Waals surface area contributed by atoms with Crippen molar-refractivity contribution >= 4 is 33.4 Å². The van der Waals surface area contributed by atoms with E-state index in [1.807, 2.05) is 49.4 Å². The van der Waals surface area contributed by atoms with Crippen LogP contribution in [0.3, 0.4) is 0 Å². The monoisotopic (exact) mass is 453 g/mol. The molecular formula is C23H20BrNO4. The van der Waals surface area contributed by atoms with Gasteiger partial charge in [-0.15, -0.1) is 0 Å². The van der Waals surface area contributed by atoms with Gasteiger partial charge in [-0.3, -0.25) is 4.79 Å². The largest absolute Gasteiger partial charge is 0.496 e. The van der Waals surface area contributed by atoms with Gasteiger partial charge in [0.1, 0.15) is 5.75 Å². The van der Waals surface area contributed by atoms with Crippen LogP contribution in [-0.4, -0.2) is 25.5 Å². The van der Waals surface area contributed by atoms with Gasteiger partial charge in [0.15, 0.2) is 5.78 Å². The molecule has 2 aromatic rings. The van der Waals surface area contributed by atoms with Crippen molar-refractivity contribution in [3.05, 3.63) is 80.5 Å². The lowest BCUT2D eigenvalue weighted by atomic mass is 9.79. The average Bonchev–Trinajstić information content (AvgIpc) is 2.99. The molecule has 0 aromatic heterocycles. The average molecular weight is 454 g/mol. The lowest BCUT2D eigenvalue weighted by Gasteiger charge is -2.30. The maximum absolute atomic E-state index is 13.4. The summed E-state index contributed by atoms with van der Waals surface area (Å²) in [6.45, 7) is 3.84. The second-order valence-electron chi connectivity index (χ2n) is 6.87. The summed E-state index contributed by atoms with van der Waals surface area (Å²) >= 11 is 3.51. The van der Waals surface area contributed by atoms with Crippen LogP contribution in [0.5, 0.6) is 5.75 Å². The molecule has 0 radical (unpaired) electrons. The summed E-state index contributed by atoms with van der Waals surface area (Å²) in [6.07, 6.45) is 0. The number of allylic oxidation sites excluding steroid dienone is 2. The number of hydrogen-bond acceptors (Lipinski definition) is 5. The number of ether oxygens (including phenoxy) is 2. The number of ketones is 1. The van der Waals surface area contributed by atoms with Crippen LogP contribution in [0.25, 0.3) is 5.70 Å². The van der Waals surface area contributed by atoms with Gasteiger partial charge < -0.3 is 14.8 Å². The van der Waals surface area contributed by atoms with Crippen molar-refractivity contribution in [2.75, 3.05) is 13.7 Å². The summed E-state index contributed by atoms with van der Waals surface area (Å²) in [5.41, 5.74) is 4.57. The van der Waals surface area contributed by atoms with Crippen LogP contribution < -0.4 is 10.1 Å². The molecule has 0 saturated carbocycles. The first-order valence-electron chi connectivity index (χ1n) is 9.34. The Morgan fingerprint density at radius 3 is 2.59 bits per heavy atom. The van der Waals surface area contributed by atoms with Crippen LogP contribution in [0, 0.1) is 0 Å². The highest BCUT2D eigenvalue weighted by atomic mass is 79.9. The number of fused-ring (bicyclic) bond motifs is 2. The predicted molar refractivity (Wildman–Crippen MR) is 114 cm³/mol. The Morgan fingerprint density at radius 1 is 1.17 bits per heavy atom. The molecule has 0 fully saturated rings. The first-order valence-corrected chi connectivity index (χ1v) is 10.1. The Balaban J connectivity index is 1.99. The molecule has 1 aliphatic heterocycles. The highest BCUT2D eigenvalue weighted by Crippen LogP contribution is 2.49. The maximum atomic E-state index is 13.4. The Labute approximate surface area is 177 Å². The van der Waals surface area contributed by atoms with E-state index in [9.17, 15) is 9.59 Å². The minimum absolute atomic E-state index is 0.0931. The molecule has 1 N–H and O–H groups in total. The number of nitrogens with one attached hydrogen (secondary N) is 1. The minimum Gasteiger partial charge on any atom is -0.496 e. The van der Waals surface area contributed by atoms with Crippen molar-refractivity contribution in [3.8, 4) is 5.75 Å². The Kier molecular flexibility index (Phi) is 5.04. The van der Waals surface area contributed by atoms with E-state index in [2.05, 4.69) is 21.2 Å². The fourth-order valence-electron chi connectivity index (χ4n) is 4.05. The quantitative estimate of drug-likeness (QED) is 0.685. The van der Waals surface area contributed by atoms with E-state index in [-0.39, 0.29) is 12.4 Å². The van der Waals surface area contributed by atoms with Gasteiger partial charge in [0.25, 0.3) is 0 Å². The topological polar surface area (TPSA) is 64.6 Å². The number of hydrogen-bond donors (Lipinski definition) is 1. The second kappa shape index (κ2) is 7.52. The molecule has 5 nitrogen and oxygen atoms in total. The number of carbonyl (C=O) groups is 2. The fourth-order valence-corrected chi connectivity index (χ4v) is 4.43. The molecular weight excluding hydrogens is 434 g/mol. The van der Waals surface area contributed by atoms with Crippen LogP contribution in [0.1, 0.15) is 41.3 Å². The van der Waals surface area contributed by atoms with Crippen LogP contribution in [0.2, 0.25) is 0 Å².